The SMILES string of the molecule is COCc1nc(-c2ccc(NC(=O)CCCCC3CCSS3)cc2)n[nH]1. The Morgan fingerprint density at radius 3 is 2.92 bits per heavy atom. The van der Waals surface area contributed by atoms with Crippen LogP contribution in [0.3, 0.4) is 0 Å². The number of nitrogens with zero attached hydrogens (tertiary/aromatic N) is 2. The number of amides is 1. The molecule has 1 amide bonds. The quantitative estimate of drug-likeness (QED) is 0.490. The molecule has 1 saturated heterocycles. The van der Waals surface area contributed by atoms with Crippen LogP contribution in [0.25, 0.3) is 11.4 Å². The molecule has 1 aliphatic heterocycles. The molecule has 26 heavy (non-hydrogen) atoms. The monoisotopic (exact) mass is 392 g/mol. The topological polar surface area (TPSA) is 79.9 Å². The molecule has 0 spiro atoms. The molecule has 1 fully saturated rings. The molecule has 1 atom stereocenters. The molecule has 1 aromatic heterocycles. The van der Waals surface area contributed by atoms with Gasteiger partial charge in [-0.3, -0.25) is 9.89 Å². The van der Waals surface area contributed by atoms with E-state index < -0.39 is 0 Å². The summed E-state index contributed by atoms with van der Waals surface area (Å²) in [5.41, 5.74) is 1.70. The number of hydrogen-bond donors (Lipinski definition) is 2. The van der Waals surface area contributed by atoms with Gasteiger partial charge in [-0.05, 0) is 43.5 Å². The van der Waals surface area contributed by atoms with Gasteiger partial charge in [0, 0.05) is 35.8 Å². The molecule has 6 nitrogen and oxygen atoms in total. The van der Waals surface area contributed by atoms with Crippen molar-refractivity contribution in [3.8, 4) is 11.4 Å². The molecule has 3 rings (SSSR count). The second-order valence-electron chi connectivity index (χ2n) is 6.24. The van der Waals surface area contributed by atoms with Crippen molar-refractivity contribution < 1.29 is 9.53 Å². The van der Waals surface area contributed by atoms with E-state index in [1.165, 1.54) is 18.6 Å². The van der Waals surface area contributed by atoms with Gasteiger partial charge in [0.1, 0.15) is 6.61 Å². The van der Waals surface area contributed by atoms with Gasteiger partial charge in [0.2, 0.25) is 5.91 Å². The van der Waals surface area contributed by atoms with Crippen LogP contribution in [0.5, 0.6) is 0 Å². The highest BCUT2D eigenvalue weighted by Crippen LogP contribution is 2.39. The minimum absolute atomic E-state index is 0.0754. The number of nitrogens with one attached hydrogen (secondary N) is 2. The average Bonchev–Trinajstić information content (AvgIpc) is 3.32. The van der Waals surface area contributed by atoms with Crippen LogP contribution in [0.15, 0.2) is 24.3 Å². The van der Waals surface area contributed by atoms with E-state index in [4.69, 9.17) is 4.74 Å². The minimum atomic E-state index is 0.0754. The number of aromatic amines is 1. The fraction of sp³-hybridized carbons (Fsp3) is 0.500. The molecule has 2 aromatic rings. The summed E-state index contributed by atoms with van der Waals surface area (Å²) in [5.74, 6) is 2.66. The highest BCUT2D eigenvalue weighted by Gasteiger charge is 2.15. The van der Waals surface area contributed by atoms with E-state index in [9.17, 15) is 4.79 Å². The molecular weight excluding hydrogens is 368 g/mol. The maximum atomic E-state index is 12.1. The highest BCUT2D eigenvalue weighted by atomic mass is 33.1. The molecule has 2 N–H and O–H groups in total. The molecular formula is C18H24N4O2S2. The first-order chi connectivity index (χ1) is 12.7. The second-order valence-corrected chi connectivity index (χ2v) is 9.03. The van der Waals surface area contributed by atoms with Crippen LogP contribution in [-0.2, 0) is 16.1 Å². The lowest BCUT2D eigenvalue weighted by Crippen LogP contribution is -2.11. The molecule has 1 aromatic carbocycles. The number of ether oxygens (including phenoxy) is 1. The van der Waals surface area contributed by atoms with E-state index in [0.717, 1.165) is 29.3 Å². The molecule has 1 aliphatic rings. The first-order valence-electron chi connectivity index (χ1n) is 8.83. The summed E-state index contributed by atoms with van der Waals surface area (Å²) in [6.07, 6.45) is 5.19. The normalized spacial score (nSPS) is 16.7. The Morgan fingerprint density at radius 1 is 1.35 bits per heavy atom. The number of hydrogen-bond acceptors (Lipinski definition) is 6. The zero-order valence-corrected chi connectivity index (χ0v) is 16.5. The number of aromatic nitrogens is 3. The first kappa shape index (κ1) is 19.3. The molecule has 140 valence electrons. The van der Waals surface area contributed by atoms with Gasteiger partial charge in [0.15, 0.2) is 11.6 Å². The molecule has 2 heterocycles. The van der Waals surface area contributed by atoms with E-state index in [1.807, 2.05) is 45.9 Å². The zero-order valence-electron chi connectivity index (χ0n) is 14.9. The van der Waals surface area contributed by atoms with Crippen LogP contribution in [0.1, 0.15) is 37.9 Å². The summed E-state index contributed by atoms with van der Waals surface area (Å²) in [6, 6.07) is 7.58. The van der Waals surface area contributed by atoms with Crippen LogP contribution >= 0.6 is 21.6 Å². The number of methoxy groups -OCH3 is 1. The average molecular weight is 393 g/mol. The van der Waals surface area contributed by atoms with Gasteiger partial charge in [-0.25, -0.2) is 4.98 Å². The highest BCUT2D eigenvalue weighted by molar-refractivity contribution is 8.77. The number of carbonyl (C=O) groups excluding carboxylic acids is 1. The maximum absolute atomic E-state index is 12.1. The third-order valence-corrected chi connectivity index (χ3v) is 7.15. The molecule has 8 heteroatoms. The van der Waals surface area contributed by atoms with E-state index in [0.29, 0.717) is 24.7 Å². The van der Waals surface area contributed by atoms with Gasteiger partial charge < -0.3 is 10.1 Å². The van der Waals surface area contributed by atoms with Crippen molar-refractivity contribution in [2.45, 2.75) is 44.0 Å². The lowest BCUT2D eigenvalue weighted by Gasteiger charge is -2.08. The minimum Gasteiger partial charge on any atom is -0.377 e. The van der Waals surface area contributed by atoms with Crippen molar-refractivity contribution in [1.82, 2.24) is 15.2 Å². The Balaban J connectivity index is 1.42. The number of H-pyrrole nitrogens is 1. The van der Waals surface area contributed by atoms with Gasteiger partial charge >= 0.3 is 0 Å². The summed E-state index contributed by atoms with van der Waals surface area (Å²) >= 11 is 0. The van der Waals surface area contributed by atoms with Crippen molar-refractivity contribution in [2.24, 2.45) is 0 Å². The van der Waals surface area contributed by atoms with Gasteiger partial charge in [0.25, 0.3) is 0 Å². The largest absolute Gasteiger partial charge is 0.377 e. The molecule has 0 aliphatic carbocycles. The molecule has 1 unspecified atom stereocenters. The molecule has 0 radical (unpaired) electrons. The summed E-state index contributed by atoms with van der Waals surface area (Å²) < 4.78 is 5.03. The Morgan fingerprint density at radius 2 is 2.19 bits per heavy atom. The van der Waals surface area contributed by atoms with Crippen molar-refractivity contribution in [2.75, 3.05) is 18.2 Å². The van der Waals surface area contributed by atoms with Crippen molar-refractivity contribution in [3.63, 3.8) is 0 Å². The van der Waals surface area contributed by atoms with E-state index >= 15 is 0 Å². The summed E-state index contributed by atoms with van der Waals surface area (Å²) in [7, 11) is 5.59. The van der Waals surface area contributed by atoms with Gasteiger partial charge in [-0.15, -0.1) is 0 Å². The van der Waals surface area contributed by atoms with Gasteiger partial charge in [-0.1, -0.05) is 28.0 Å². The van der Waals surface area contributed by atoms with E-state index in [2.05, 4.69) is 20.5 Å². The van der Waals surface area contributed by atoms with Crippen molar-refractivity contribution in [3.05, 3.63) is 30.1 Å². The first-order valence-corrected chi connectivity index (χ1v) is 11.2. The maximum Gasteiger partial charge on any atom is 0.224 e. The van der Waals surface area contributed by atoms with Crippen LogP contribution in [0, 0.1) is 0 Å². The Kier molecular flexibility index (Phi) is 7.40. The third-order valence-electron chi connectivity index (χ3n) is 4.15. The van der Waals surface area contributed by atoms with Crippen LogP contribution in [0.2, 0.25) is 0 Å². The third kappa shape index (κ3) is 5.75. The Labute approximate surface area is 161 Å². The smallest absolute Gasteiger partial charge is 0.224 e. The lowest BCUT2D eigenvalue weighted by atomic mass is 10.1. The summed E-state index contributed by atoms with van der Waals surface area (Å²) in [6.45, 7) is 0.402. The Bertz CT molecular complexity index is 699. The van der Waals surface area contributed by atoms with Crippen LogP contribution < -0.4 is 5.32 Å². The fourth-order valence-electron chi connectivity index (χ4n) is 2.77. The summed E-state index contributed by atoms with van der Waals surface area (Å²) in [4.78, 5) is 16.4. The van der Waals surface area contributed by atoms with Crippen LogP contribution in [0.4, 0.5) is 5.69 Å². The number of benzene rings is 1. The predicted molar refractivity (Wildman–Crippen MR) is 108 cm³/mol. The lowest BCUT2D eigenvalue weighted by molar-refractivity contribution is -0.116. The van der Waals surface area contributed by atoms with Crippen molar-refractivity contribution in [1.29, 1.82) is 0 Å². The van der Waals surface area contributed by atoms with E-state index in [-0.39, 0.29) is 5.91 Å². The van der Waals surface area contributed by atoms with E-state index in [1.54, 1.807) is 7.11 Å². The van der Waals surface area contributed by atoms with Gasteiger partial charge in [0.05, 0.1) is 0 Å². The van der Waals surface area contributed by atoms with Crippen molar-refractivity contribution >= 4 is 33.2 Å². The van der Waals surface area contributed by atoms with Crippen LogP contribution in [-0.4, -0.2) is 39.2 Å². The van der Waals surface area contributed by atoms with Gasteiger partial charge in [-0.2, -0.15) is 5.10 Å². The standard InChI is InChI=1S/C18H24N4O2S2/c1-24-12-16-20-18(22-21-16)13-6-8-14(9-7-13)19-17(23)5-3-2-4-15-10-11-25-26-15/h6-9,15H,2-5,10-12H2,1H3,(H,19,23)(H,20,21,22). The Hall–Kier alpha value is -1.51. The number of rotatable bonds is 9. The predicted octanol–water partition coefficient (Wildman–Crippen LogP) is 4.27. The number of anilines is 1. The number of carbonyl (C=O) groups is 1. The molecule has 0 saturated carbocycles. The second kappa shape index (κ2) is 9.99. The number of unbranched alkanes of at least 4 members (excludes halogenated alkanes) is 1. The summed E-state index contributed by atoms with van der Waals surface area (Å²) in [5, 5.41) is 10.8. The zero-order chi connectivity index (χ0) is 18.2. The fourth-order valence-corrected chi connectivity index (χ4v) is 5.80. The molecule has 0 bridgehead atoms.